The van der Waals surface area contributed by atoms with Crippen molar-refractivity contribution in [3.8, 4) is 0 Å². The zero-order chi connectivity index (χ0) is 14.0. The van der Waals surface area contributed by atoms with Crippen molar-refractivity contribution in [2.45, 2.75) is 32.2 Å². The quantitative estimate of drug-likeness (QED) is 0.904. The molecule has 0 aromatic carbocycles. The van der Waals surface area contributed by atoms with E-state index in [9.17, 15) is 4.79 Å². The molecule has 0 aliphatic carbocycles. The number of carbonyl (C=O) groups is 1. The summed E-state index contributed by atoms with van der Waals surface area (Å²) in [5, 5.41) is 3.63. The number of halogens is 1. The Hall–Kier alpha value is -1.13. The van der Waals surface area contributed by atoms with Crippen LogP contribution < -0.4 is 5.32 Å². The van der Waals surface area contributed by atoms with E-state index in [-0.39, 0.29) is 11.4 Å². The van der Waals surface area contributed by atoms with Crippen LogP contribution in [0, 0.1) is 6.92 Å². The molecule has 0 bridgehead atoms. The Balaban J connectivity index is 2.10. The lowest BCUT2D eigenvalue weighted by molar-refractivity contribution is 0.0851. The number of rotatable bonds is 2. The average Bonchev–Trinajstić information content (AvgIpc) is 2.36. The van der Waals surface area contributed by atoms with Gasteiger partial charge in [0.15, 0.2) is 0 Å². The van der Waals surface area contributed by atoms with E-state index in [0.717, 1.165) is 25.9 Å². The summed E-state index contributed by atoms with van der Waals surface area (Å²) >= 11 is 5.91. The van der Waals surface area contributed by atoms with E-state index in [2.05, 4.69) is 29.2 Å². The lowest BCUT2D eigenvalue weighted by Gasteiger charge is -2.38. The first-order valence-electron chi connectivity index (χ1n) is 6.53. The summed E-state index contributed by atoms with van der Waals surface area (Å²) < 4.78 is 0. The van der Waals surface area contributed by atoms with Crippen LogP contribution >= 0.6 is 11.6 Å². The molecule has 1 fully saturated rings. The van der Waals surface area contributed by atoms with Crippen LogP contribution in [0.1, 0.15) is 35.8 Å². The van der Waals surface area contributed by atoms with Crippen molar-refractivity contribution in [1.29, 1.82) is 0 Å². The molecule has 2 rings (SSSR count). The Labute approximate surface area is 119 Å². The minimum Gasteiger partial charge on any atom is -0.347 e. The number of piperidine rings is 1. The van der Waals surface area contributed by atoms with Crippen molar-refractivity contribution in [2.24, 2.45) is 0 Å². The van der Waals surface area contributed by atoms with Crippen LogP contribution in [0.2, 0.25) is 5.02 Å². The summed E-state index contributed by atoms with van der Waals surface area (Å²) in [5.74, 6) is -0.0837. The fourth-order valence-electron chi connectivity index (χ4n) is 2.32. The first-order valence-corrected chi connectivity index (χ1v) is 6.91. The number of nitrogens with one attached hydrogen (secondary N) is 1. The number of amides is 1. The lowest BCUT2D eigenvalue weighted by atomic mass is 9.89. The highest BCUT2D eigenvalue weighted by molar-refractivity contribution is 6.30. The molecule has 0 radical (unpaired) electrons. The van der Waals surface area contributed by atoms with Crippen molar-refractivity contribution < 1.29 is 4.79 Å². The third-order valence-electron chi connectivity index (χ3n) is 3.80. The van der Waals surface area contributed by atoms with Crippen LogP contribution in [0.5, 0.6) is 0 Å². The molecule has 5 heteroatoms. The molecule has 1 amide bonds. The number of hydrogen-bond donors (Lipinski definition) is 1. The Morgan fingerprint density at radius 3 is 2.74 bits per heavy atom. The van der Waals surface area contributed by atoms with E-state index >= 15 is 0 Å². The van der Waals surface area contributed by atoms with E-state index in [0.29, 0.717) is 16.3 Å². The zero-order valence-corrected chi connectivity index (χ0v) is 12.4. The number of aromatic nitrogens is 1. The molecule has 1 N–H and O–H groups in total. The van der Waals surface area contributed by atoms with Gasteiger partial charge in [-0.2, -0.15) is 0 Å². The third kappa shape index (κ3) is 3.45. The fourth-order valence-corrected chi connectivity index (χ4v) is 2.47. The summed E-state index contributed by atoms with van der Waals surface area (Å²) in [7, 11) is 2.10. The molecule has 104 valence electrons. The molecule has 1 aliphatic rings. The third-order valence-corrected chi connectivity index (χ3v) is 4.01. The molecular formula is C14H20ClN3O. The standard InChI is InChI=1S/C14H20ClN3O/c1-10-12(8-11(15)9-16-10)13(19)17-14(2)4-6-18(3)7-5-14/h8-9H,4-7H2,1-3H3,(H,17,19). The number of carbonyl (C=O) groups excluding carboxylic acids is 1. The minimum atomic E-state index is -0.141. The van der Waals surface area contributed by atoms with Crippen molar-refractivity contribution >= 4 is 17.5 Å². The highest BCUT2D eigenvalue weighted by atomic mass is 35.5. The molecule has 1 aromatic heterocycles. The molecule has 2 heterocycles. The first-order chi connectivity index (χ1) is 8.89. The maximum Gasteiger partial charge on any atom is 0.253 e. The number of aryl methyl sites for hydroxylation is 1. The van der Waals surface area contributed by atoms with Crippen molar-refractivity contribution in [2.75, 3.05) is 20.1 Å². The molecule has 1 aromatic rings. The van der Waals surface area contributed by atoms with Crippen molar-refractivity contribution in [1.82, 2.24) is 15.2 Å². The zero-order valence-electron chi connectivity index (χ0n) is 11.7. The second kappa shape index (κ2) is 5.47. The summed E-state index contributed by atoms with van der Waals surface area (Å²) in [6.07, 6.45) is 3.48. The van der Waals surface area contributed by atoms with Gasteiger partial charge >= 0.3 is 0 Å². The molecule has 0 saturated carbocycles. The number of hydrogen-bond acceptors (Lipinski definition) is 3. The van der Waals surface area contributed by atoms with Crippen molar-refractivity contribution in [3.05, 3.63) is 28.5 Å². The van der Waals surface area contributed by atoms with E-state index in [1.165, 1.54) is 0 Å². The summed E-state index contributed by atoms with van der Waals surface area (Å²) in [6.45, 7) is 5.93. The lowest BCUT2D eigenvalue weighted by Crippen LogP contribution is -2.52. The van der Waals surface area contributed by atoms with Gasteiger partial charge in [0.05, 0.1) is 16.3 Å². The van der Waals surface area contributed by atoms with Crippen LogP contribution in [0.25, 0.3) is 0 Å². The van der Waals surface area contributed by atoms with Gasteiger partial charge in [-0.1, -0.05) is 11.6 Å². The van der Waals surface area contributed by atoms with Crippen LogP contribution in [-0.4, -0.2) is 41.5 Å². The molecular weight excluding hydrogens is 262 g/mol. The monoisotopic (exact) mass is 281 g/mol. The predicted molar refractivity (Wildman–Crippen MR) is 76.6 cm³/mol. The topological polar surface area (TPSA) is 45.2 Å². The van der Waals surface area contributed by atoms with Gasteiger partial charge in [0.2, 0.25) is 0 Å². The van der Waals surface area contributed by atoms with Gasteiger partial charge in [-0.25, -0.2) is 0 Å². The van der Waals surface area contributed by atoms with Crippen LogP contribution in [0.3, 0.4) is 0 Å². The molecule has 0 atom stereocenters. The van der Waals surface area contributed by atoms with E-state index in [4.69, 9.17) is 11.6 Å². The largest absolute Gasteiger partial charge is 0.347 e. The SMILES string of the molecule is Cc1ncc(Cl)cc1C(=O)NC1(C)CCN(C)CC1. The normalized spacial score (nSPS) is 19.2. The summed E-state index contributed by atoms with van der Waals surface area (Å²) in [6, 6.07) is 1.68. The van der Waals surface area contributed by atoms with Gasteiger partial charge in [-0.3, -0.25) is 9.78 Å². The van der Waals surface area contributed by atoms with Gasteiger partial charge in [0.1, 0.15) is 0 Å². The molecule has 1 saturated heterocycles. The maximum absolute atomic E-state index is 12.3. The fraction of sp³-hybridized carbons (Fsp3) is 0.571. The van der Waals surface area contributed by atoms with Crippen LogP contribution in [0.15, 0.2) is 12.3 Å². The maximum atomic E-state index is 12.3. The Morgan fingerprint density at radius 2 is 2.11 bits per heavy atom. The summed E-state index contributed by atoms with van der Waals surface area (Å²) in [4.78, 5) is 18.8. The van der Waals surface area contributed by atoms with Crippen molar-refractivity contribution in [3.63, 3.8) is 0 Å². The molecule has 1 aliphatic heterocycles. The minimum absolute atomic E-state index is 0.0837. The molecule has 0 spiro atoms. The second-order valence-electron chi connectivity index (χ2n) is 5.60. The Morgan fingerprint density at radius 1 is 1.47 bits per heavy atom. The van der Waals surface area contributed by atoms with Gasteiger partial charge in [-0.05, 0) is 39.8 Å². The highest BCUT2D eigenvalue weighted by Gasteiger charge is 2.31. The van der Waals surface area contributed by atoms with Crippen LogP contribution in [0.4, 0.5) is 0 Å². The van der Waals surface area contributed by atoms with E-state index < -0.39 is 0 Å². The van der Waals surface area contributed by atoms with E-state index in [1.54, 1.807) is 12.3 Å². The Kier molecular flexibility index (Phi) is 4.11. The molecule has 0 unspecified atom stereocenters. The molecule has 4 nitrogen and oxygen atoms in total. The highest BCUT2D eigenvalue weighted by Crippen LogP contribution is 2.22. The van der Waals surface area contributed by atoms with Gasteiger partial charge in [-0.15, -0.1) is 0 Å². The number of nitrogens with zero attached hydrogens (tertiary/aromatic N) is 2. The predicted octanol–water partition coefficient (Wildman–Crippen LogP) is 2.26. The number of pyridine rings is 1. The molecule has 19 heavy (non-hydrogen) atoms. The van der Waals surface area contributed by atoms with E-state index in [1.807, 2.05) is 6.92 Å². The first kappa shape index (κ1) is 14.3. The van der Waals surface area contributed by atoms with Crippen LogP contribution in [-0.2, 0) is 0 Å². The summed E-state index contributed by atoms with van der Waals surface area (Å²) in [5.41, 5.74) is 1.13. The smallest absolute Gasteiger partial charge is 0.253 e. The van der Waals surface area contributed by atoms with Gasteiger partial charge < -0.3 is 10.2 Å². The number of likely N-dealkylation sites (tertiary alicyclic amines) is 1. The average molecular weight is 282 g/mol. The van der Waals surface area contributed by atoms with Gasteiger partial charge in [0, 0.05) is 24.8 Å². The second-order valence-corrected chi connectivity index (χ2v) is 6.04. The van der Waals surface area contributed by atoms with Gasteiger partial charge in [0.25, 0.3) is 5.91 Å². The Bertz CT molecular complexity index is 482.